The van der Waals surface area contributed by atoms with Gasteiger partial charge in [-0.3, -0.25) is 14.4 Å². The van der Waals surface area contributed by atoms with Gasteiger partial charge in [-0.1, -0.05) is 11.6 Å². The molecule has 2 N–H and O–H groups in total. The number of fused-ring (bicyclic) bond motifs is 1. The van der Waals surface area contributed by atoms with Gasteiger partial charge in [0.25, 0.3) is 0 Å². The number of halogens is 3. The summed E-state index contributed by atoms with van der Waals surface area (Å²) < 4.78 is 27.4. The second-order valence-electron chi connectivity index (χ2n) is 7.26. The molecule has 3 amide bonds. The minimum Gasteiger partial charge on any atom is -0.351 e. The second-order valence-corrected chi connectivity index (χ2v) is 7.64. The standard InChI is InChI=1S/C21H18ClF2N3O3/c22-19-14(15(23)3-4-16(19)24)10-25-20(29)13-7-8-27(21(13)30)12-2-5-17-11(9-12)1-6-18(28)26-17/h2-5,9,13H,1,6-8,10H2,(H,25,29)(H,26,28)/t13-/m1/s1. The maximum absolute atomic E-state index is 13.9. The highest BCUT2D eigenvalue weighted by Gasteiger charge is 2.38. The van der Waals surface area contributed by atoms with E-state index in [9.17, 15) is 23.2 Å². The quantitative estimate of drug-likeness (QED) is 0.574. The summed E-state index contributed by atoms with van der Waals surface area (Å²) in [6.07, 6.45) is 1.27. The van der Waals surface area contributed by atoms with Crippen molar-refractivity contribution >= 4 is 40.7 Å². The summed E-state index contributed by atoms with van der Waals surface area (Å²) in [5, 5.41) is 4.88. The fourth-order valence-corrected chi connectivity index (χ4v) is 3.97. The van der Waals surface area contributed by atoms with Crippen LogP contribution in [-0.4, -0.2) is 24.3 Å². The summed E-state index contributed by atoms with van der Waals surface area (Å²) in [5.41, 5.74) is 2.16. The normalized spacial score (nSPS) is 18.2. The third-order valence-electron chi connectivity index (χ3n) is 5.40. The molecule has 0 bridgehead atoms. The van der Waals surface area contributed by atoms with Crippen molar-refractivity contribution in [3.05, 3.63) is 58.1 Å². The van der Waals surface area contributed by atoms with Crippen LogP contribution in [0, 0.1) is 17.6 Å². The molecule has 1 saturated heterocycles. The molecule has 9 heteroatoms. The Morgan fingerprint density at radius 2 is 1.93 bits per heavy atom. The SMILES string of the molecule is O=C1CCc2cc(N3CC[C@H](C(=O)NCc4c(F)ccc(F)c4Cl)C3=O)ccc2N1. The zero-order chi connectivity index (χ0) is 21.4. The smallest absolute Gasteiger partial charge is 0.239 e. The van der Waals surface area contributed by atoms with Crippen LogP contribution in [-0.2, 0) is 27.3 Å². The van der Waals surface area contributed by atoms with Gasteiger partial charge in [0.2, 0.25) is 17.7 Å². The number of hydrogen-bond acceptors (Lipinski definition) is 3. The van der Waals surface area contributed by atoms with Gasteiger partial charge in [-0.05, 0) is 48.7 Å². The number of carbonyl (C=O) groups excluding carboxylic acids is 3. The molecule has 30 heavy (non-hydrogen) atoms. The number of anilines is 2. The van der Waals surface area contributed by atoms with Crippen molar-refractivity contribution in [3.63, 3.8) is 0 Å². The first-order valence-corrected chi connectivity index (χ1v) is 9.87. The van der Waals surface area contributed by atoms with Gasteiger partial charge >= 0.3 is 0 Å². The Kier molecular flexibility index (Phi) is 5.42. The third kappa shape index (κ3) is 3.75. The molecule has 156 valence electrons. The summed E-state index contributed by atoms with van der Waals surface area (Å²) >= 11 is 5.77. The molecule has 2 heterocycles. The second kappa shape index (κ2) is 8.02. The minimum atomic E-state index is -0.920. The van der Waals surface area contributed by atoms with Crippen LogP contribution in [0.25, 0.3) is 0 Å². The molecule has 0 radical (unpaired) electrons. The molecular formula is C21H18ClF2N3O3. The zero-order valence-corrected chi connectivity index (χ0v) is 16.6. The first kappa shape index (κ1) is 20.3. The molecule has 2 aromatic rings. The summed E-state index contributed by atoms with van der Waals surface area (Å²) in [6.45, 7) is 0.0424. The Bertz CT molecular complexity index is 1060. The molecule has 0 saturated carbocycles. The number of amides is 3. The Morgan fingerprint density at radius 3 is 2.73 bits per heavy atom. The van der Waals surface area contributed by atoms with E-state index in [1.54, 1.807) is 12.1 Å². The van der Waals surface area contributed by atoms with E-state index in [4.69, 9.17) is 11.6 Å². The topological polar surface area (TPSA) is 78.5 Å². The van der Waals surface area contributed by atoms with Crippen molar-refractivity contribution in [1.29, 1.82) is 0 Å². The van der Waals surface area contributed by atoms with Crippen LogP contribution >= 0.6 is 11.6 Å². The monoisotopic (exact) mass is 433 g/mol. The Morgan fingerprint density at radius 1 is 1.17 bits per heavy atom. The fraction of sp³-hybridized carbons (Fsp3) is 0.286. The Balaban J connectivity index is 1.44. The lowest BCUT2D eigenvalue weighted by Crippen LogP contribution is -2.36. The molecule has 2 aromatic carbocycles. The maximum Gasteiger partial charge on any atom is 0.239 e. The van der Waals surface area contributed by atoms with Crippen molar-refractivity contribution in [2.45, 2.75) is 25.8 Å². The molecular weight excluding hydrogens is 416 g/mol. The van der Waals surface area contributed by atoms with Gasteiger partial charge in [0, 0.05) is 36.4 Å². The van der Waals surface area contributed by atoms with Gasteiger partial charge < -0.3 is 15.5 Å². The molecule has 2 aliphatic rings. The molecule has 0 unspecified atom stereocenters. The van der Waals surface area contributed by atoms with Crippen LogP contribution in [0.4, 0.5) is 20.2 Å². The summed E-state index contributed by atoms with van der Waals surface area (Å²) in [5.74, 6) is -3.41. The summed E-state index contributed by atoms with van der Waals surface area (Å²) in [4.78, 5) is 38.3. The van der Waals surface area contributed by atoms with E-state index in [0.717, 1.165) is 23.4 Å². The predicted octanol–water partition coefficient (Wildman–Crippen LogP) is 3.17. The molecule has 4 rings (SSSR count). The molecule has 0 aliphatic carbocycles. The van der Waals surface area contributed by atoms with E-state index in [1.807, 2.05) is 6.07 Å². The number of hydrogen-bond donors (Lipinski definition) is 2. The predicted molar refractivity (Wildman–Crippen MR) is 107 cm³/mol. The van der Waals surface area contributed by atoms with Gasteiger partial charge in [0.05, 0.1) is 5.02 Å². The van der Waals surface area contributed by atoms with Gasteiger partial charge in [0.15, 0.2) is 0 Å². The fourth-order valence-electron chi connectivity index (χ4n) is 3.75. The van der Waals surface area contributed by atoms with E-state index >= 15 is 0 Å². The van der Waals surface area contributed by atoms with E-state index in [-0.39, 0.29) is 23.9 Å². The van der Waals surface area contributed by atoms with Gasteiger partial charge in [-0.15, -0.1) is 0 Å². The van der Waals surface area contributed by atoms with E-state index < -0.39 is 28.5 Å². The zero-order valence-electron chi connectivity index (χ0n) is 15.8. The van der Waals surface area contributed by atoms with Crippen molar-refractivity contribution in [2.24, 2.45) is 5.92 Å². The highest BCUT2D eigenvalue weighted by Crippen LogP contribution is 2.31. The first-order chi connectivity index (χ1) is 14.3. The Hall–Kier alpha value is -3.00. The molecule has 1 atom stereocenters. The van der Waals surface area contributed by atoms with Crippen LogP contribution in [0.5, 0.6) is 0 Å². The van der Waals surface area contributed by atoms with Gasteiger partial charge in [-0.2, -0.15) is 0 Å². The van der Waals surface area contributed by atoms with Crippen LogP contribution in [0.3, 0.4) is 0 Å². The first-order valence-electron chi connectivity index (χ1n) is 9.49. The van der Waals surface area contributed by atoms with Crippen molar-refractivity contribution in [3.8, 4) is 0 Å². The molecule has 6 nitrogen and oxygen atoms in total. The van der Waals surface area contributed by atoms with Gasteiger partial charge in [0.1, 0.15) is 17.6 Å². The molecule has 0 aromatic heterocycles. The highest BCUT2D eigenvalue weighted by atomic mass is 35.5. The van der Waals surface area contributed by atoms with E-state index in [0.29, 0.717) is 31.5 Å². The van der Waals surface area contributed by atoms with Crippen molar-refractivity contribution in [1.82, 2.24) is 5.32 Å². The summed E-state index contributed by atoms with van der Waals surface area (Å²) in [7, 11) is 0. The average Bonchev–Trinajstić information content (AvgIpc) is 3.11. The van der Waals surface area contributed by atoms with E-state index in [1.165, 1.54) is 4.90 Å². The molecule has 1 fully saturated rings. The maximum atomic E-state index is 13.9. The van der Waals surface area contributed by atoms with Crippen LogP contribution < -0.4 is 15.5 Å². The highest BCUT2D eigenvalue weighted by molar-refractivity contribution is 6.31. The average molecular weight is 434 g/mol. The largest absolute Gasteiger partial charge is 0.351 e. The van der Waals surface area contributed by atoms with Crippen molar-refractivity contribution in [2.75, 3.05) is 16.8 Å². The molecule has 0 spiro atoms. The number of benzene rings is 2. The number of aryl methyl sites for hydroxylation is 1. The van der Waals surface area contributed by atoms with Crippen molar-refractivity contribution < 1.29 is 23.2 Å². The number of rotatable bonds is 4. The van der Waals surface area contributed by atoms with E-state index in [2.05, 4.69) is 10.6 Å². The Labute approximate surface area is 176 Å². The number of nitrogens with zero attached hydrogens (tertiary/aromatic N) is 1. The van der Waals surface area contributed by atoms with Crippen LogP contribution in [0.15, 0.2) is 30.3 Å². The minimum absolute atomic E-state index is 0.0425. The van der Waals surface area contributed by atoms with Crippen LogP contribution in [0.2, 0.25) is 5.02 Å². The lowest BCUT2D eigenvalue weighted by atomic mass is 10.0. The number of carbonyl (C=O) groups is 3. The lowest BCUT2D eigenvalue weighted by molar-refractivity contribution is -0.132. The molecule has 2 aliphatic heterocycles. The summed E-state index contributed by atoms with van der Waals surface area (Å²) in [6, 6.07) is 7.16. The number of nitrogens with one attached hydrogen (secondary N) is 2. The third-order valence-corrected chi connectivity index (χ3v) is 5.80. The van der Waals surface area contributed by atoms with Crippen LogP contribution in [0.1, 0.15) is 24.0 Å². The lowest BCUT2D eigenvalue weighted by Gasteiger charge is -2.22. The van der Waals surface area contributed by atoms with Gasteiger partial charge in [-0.25, -0.2) is 8.78 Å².